The second kappa shape index (κ2) is 8.01. The van der Waals surface area contributed by atoms with E-state index in [0.29, 0.717) is 11.1 Å². The molecule has 0 spiro atoms. The minimum Gasteiger partial charge on any atom is -0.418 e. The van der Waals surface area contributed by atoms with Gasteiger partial charge in [0, 0.05) is 21.8 Å². The van der Waals surface area contributed by atoms with Gasteiger partial charge >= 0.3 is 0 Å². The molecule has 0 aliphatic carbocycles. The number of aryl methyl sites for hydroxylation is 1. The Hall–Kier alpha value is -3.25. The van der Waals surface area contributed by atoms with Gasteiger partial charge in [-0.2, -0.15) is 0 Å². The zero-order valence-corrected chi connectivity index (χ0v) is 16.1. The second-order valence-electron chi connectivity index (χ2n) is 6.57. The lowest BCUT2D eigenvalue weighted by atomic mass is 10.1. The summed E-state index contributed by atoms with van der Waals surface area (Å²) in [5, 5.41) is 11.7. The van der Waals surface area contributed by atoms with Crippen LogP contribution in [0.5, 0.6) is 0 Å². The number of benzene rings is 3. The molecule has 0 aliphatic rings. The SMILES string of the molecule is Cc1ccc(N[C@H](c2nnc(-c3cccc(F)c3)o2)c2ccc(F)cc2Cl)cc1. The van der Waals surface area contributed by atoms with Crippen LogP contribution < -0.4 is 5.32 Å². The summed E-state index contributed by atoms with van der Waals surface area (Å²) in [4.78, 5) is 0. The molecule has 7 heteroatoms. The fourth-order valence-corrected chi connectivity index (χ4v) is 3.19. The Kier molecular flexibility index (Phi) is 5.27. The zero-order chi connectivity index (χ0) is 20.4. The number of hydrogen-bond donors (Lipinski definition) is 1. The van der Waals surface area contributed by atoms with Crippen LogP contribution in [0.25, 0.3) is 11.5 Å². The van der Waals surface area contributed by atoms with Crippen molar-refractivity contribution in [2.75, 3.05) is 5.32 Å². The predicted octanol–water partition coefficient (Wildman–Crippen LogP) is 6.18. The van der Waals surface area contributed by atoms with Crippen molar-refractivity contribution in [3.63, 3.8) is 0 Å². The molecular weight excluding hydrogens is 396 g/mol. The van der Waals surface area contributed by atoms with Crippen molar-refractivity contribution in [3.8, 4) is 11.5 Å². The van der Waals surface area contributed by atoms with Gasteiger partial charge in [-0.15, -0.1) is 10.2 Å². The normalized spacial score (nSPS) is 12.0. The first kappa shape index (κ1) is 19.1. The van der Waals surface area contributed by atoms with Gasteiger partial charge in [-0.05, 0) is 49.4 Å². The standard InChI is InChI=1S/C22H16ClF2N3O/c1-13-5-8-17(9-6-13)26-20(18-10-7-16(25)12-19(18)23)22-28-27-21(29-22)14-3-2-4-15(24)11-14/h2-12,20,26H,1H3/t20-/m0/s1. The van der Waals surface area contributed by atoms with Crippen LogP contribution in [0.3, 0.4) is 0 Å². The minimum atomic E-state index is -0.624. The fraction of sp³-hybridized carbons (Fsp3) is 0.0909. The number of nitrogens with zero attached hydrogens (tertiary/aromatic N) is 2. The van der Waals surface area contributed by atoms with Gasteiger partial charge < -0.3 is 9.73 Å². The molecule has 1 atom stereocenters. The van der Waals surface area contributed by atoms with Crippen molar-refractivity contribution in [1.29, 1.82) is 0 Å². The molecule has 0 bridgehead atoms. The van der Waals surface area contributed by atoms with E-state index in [1.165, 1.54) is 24.3 Å². The maximum Gasteiger partial charge on any atom is 0.247 e. The van der Waals surface area contributed by atoms with Crippen LogP contribution in [0.15, 0.2) is 71.1 Å². The Balaban J connectivity index is 1.74. The van der Waals surface area contributed by atoms with Gasteiger partial charge in [0.2, 0.25) is 11.8 Å². The maximum atomic E-state index is 13.6. The summed E-state index contributed by atoms with van der Waals surface area (Å²) in [6.45, 7) is 1.99. The van der Waals surface area contributed by atoms with E-state index >= 15 is 0 Å². The van der Waals surface area contributed by atoms with Crippen LogP contribution in [0.4, 0.5) is 14.5 Å². The molecule has 1 N–H and O–H groups in total. The first-order chi connectivity index (χ1) is 14.0. The van der Waals surface area contributed by atoms with Crippen LogP contribution >= 0.6 is 11.6 Å². The lowest BCUT2D eigenvalue weighted by molar-refractivity contribution is 0.493. The zero-order valence-electron chi connectivity index (χ0n) is 15.4. The minimum absolute atomic E-state index is 0.174. The van der Waals surface area contributed by atoms with E-state index < -0.39 is 17.7 Å². The molecule has 0 radical (unpaired) electrons. The molecule has 3 aromatic carbocycles. The molecular formula is C22H16ClF2N3O. The van der Waals surface area contributed by atoms with Crippen molar-refractivity contribution >= 4 is 17.3 Å². The number of aromatic nitrogens is 2. The molecule has 1 heterocycles. The Labute approximate surface area is 171 Å². The number of hydrogen-bond acceptors (Lipinski definition) is 4. The second-order valence-corrected chi connectivity index (χ2v) is 6.97. The average molecular weight is 412 g/mol. The Morgan fingerprint density at radius 2 is 1.69 bits per heavy atom. The molecule has 0 saturated heterocycles. The van der Waals surface area contributed by atoms with E-state index in [1.54, 1.807) is 18.2 Å². The highest BCUT2D eigenvalue weighted by Crippen LogP contribution is 2.33. The number of halogens is 3. The van der Waals surface area contributed by atoms with Gasteiger partial charge in [0.1, 0.15) is 17.7 Å². The summed E-state index contributed by atoms with van der Waals surface area (Å²) in [5.41, 5.74) is 2.94. The smallest absolute Gasteiger partial charge is 0.247 e. The molecule has 0 fully saturated rings. The molecule has 4 aromatic rings. The van der Waals surface area contributed by atoms with Crippen LogP contribution in [-0.4, -0.2) is 10.2 Å². The average Bonchev–Trinajstić information content (AvgIpc) is 3.18. The molecule has 1 aromatic heterocycles. The van der Waals surface area contributed by atoms with Crippen molar-refractivity contribution in [1.82, 2.24) is 10.2 Å². The molecule has 0 unspecified atom stereocenters. The summed E-state index contributed by atoms with van der Waals surface area (Å²) >= 11 is 6.29. The summed E-state index contributed by atoms with van der Waals surface area (Å²) in [6, 6.07) is 17.1. The predicted molar refractivity (Wildman–Crippen MR) is 108 cm³/mol. The van der Waals surface area contributed by atoms with E-state index in [4.69, 9.17) is 16.0 Å². The highest BCUT2D eigenvalue weighted by molar-refractivity contribution is 6.31. The van der Waals surface area contributed by atoms with Crippen molar-refractivity contribution in [3.05, 3.63) is 100 Å². The molecule has 0 amide bonds. The van der Waals surface area contributed by atoms with Gasteiger partial charge in [0.15, 0.2) is 0 Å². The summed E-state index contributed by atoms with van der Waals surface area (Å²) < 4.78 is 32.9. The molecule has 29 heavy (non-hydrogen) atoms. The Morgan fingerprint density at radius 3 is 2.41 bits per heavy atom. The third-order valence-corrected chi connectivity index (χ3v) is 4.72. The van der Waals surface area contributed by atoms with E-state index in [1.807, 2.05) is 31.2 Å². The van der Waals surface area contributed by atoms with Crippen LogP contribution in [0.1, 0.15) is 23.1 Å². The van der Waals surface area contributed by atoms with Gasteiger partial charge in [-0.3, -0.25) is 0 Å². The van der Waals surface area contributed by atoms with E-state index in [-0.39, 0.29) is 16.8 Å². The van der Waals surface area contributed by atoms with Gasteiger partial charge in [-0.1, -0.05) is 41.4 Å². The van der Waals surface area contributed by atoms with E-state index in [9.17, 15) is 8.78 Å². The molecule has 0 saturated carbocycles. The number of anilines is 1. The molecule has 4 rings (SSSR count). The quantitative estimate of drug-likeness (QED) is 0.426. The Bertz CT molecular complexity index is 1150. The monoisotopic (exact) mass is 411 g/mol. The van der Waals surface area contributed by atoms with Crippen LogP contribution in [-0.2, 0) is 0 Å². The summed E-state index contributed by atoms with van der Waals surface area (Å²) in [7, 11) is 0. The molecule has 4 nitrogen and oxygen atoms in total. The first-order valence-electron chi connectivity index (χ1n) is 8.87. The van der Waals surface area contributed by atoms with Crippen molar-refractivity contribution in [2.45, 2.75) is 13.0 Å². The van der Waals surface area contributed by atoms with E-state index in [0.717, 1.165) is 11.3 Å². The third-order valence-electron chi connectivity index (χ3n) is 4.40. The molecule has 0 aliphatic heterocycles. The fourth-order valence-electron chi connectivity index (χ4n) is 2.91. The third kappa shape index (κ3) is 4.27. The van der Waals surface area contributed by atoms with Crippen molar-refractivity contribution < 1.29 is 13.2 Å². The molecule has 146 valence electrons. The van der Waals surface area contributed by atoms with E-state index in [2.05, 4.69) is 15.5 Å². The lowest BCUT2D eigenvalue weighted by Crippen LogP contribution is -2.13. The number of nitrogens with one attached hydrogen (secondary N) is 1. The van der Waals surface area contributed by atoms with Gasteiger partial charge in [0.05, 0.1) is 0 Å². The topological polar surface area (TPSA) is 51.0 Å². The van der Waals surface area contributed by atoms with Gasteiger partial charge in [-0.25, -0.2) is 8.78 Å². The van der Waals surface area contributed by atoms with Crippen molar-refractivity contribution in [2.24, 2.45) is 0 Å². The Morgan fingerprint density at radius 1 is 0.931 bits per heavy atom. The first-order valence-corrected chi connectivity index (χ1v) is 9.25. The highest BCUT2D eigenvalue weighted by Gasteiger charge is 2.24. The largest absolute Gasteiger partial charge is 0.418 e. The lowest BCUT2D eigenvalue weighted by Gasteiger charge is -2.18. The van der Waals surface area contributed by atoms with Gasteiger partial charge in [0.25, 0.3) is 0 Å². The maximum absolute atomic E-state index is 13.6. The number of rotatable bonds is 5. The van der Waals surface area contributed by atoms with Crippen LogP contribution in [0.2, 0.25) is 5.02 Å². The summed E-state index contributed by atoms with van der Waals surface area (Å²) in [5.74, 6) is -0.455. The highest BCUT2D eigenvalue weighted by atomic mass is 35.5. The van der Waals surface area contributed by atoms with Crippen LogP contribution in [0, 0.1) is 18.6 Å². The summed E-state index contributed by atoms with van der Waals surface area (Å²) in [6.07, 6.45) is 0.